The molecule has 19 heavy (non-hydrogen) atoms. The molecule has 1 saturated carbocycles. The van der Waals surface area contributed by atoms with Gasteiger partial charge in [0, 0.05) is 10.9 Å². The molecule has 1 aliphatic rings. The minimum Gasteiger partial charge on any atom is -0.309 e. The highest BCUT2D eigenvalue weighted by atomic mass is 32.1. The zero-order valence-electron chi connectivity index (χ0n) is 11.0. The molecule has 0 bridgehead atoms. The summed E-state index contributed by atoms with van der Waals surface area (Å²) in [5.74, 6) is -0.758. The second kappa shape index (κ2) is 6.27. The Morgan fingerprint density at radius 2 is 2.00 bits per heavy atom. The van der Waals surface area contributed by atoms with E-state index in [9.17, 15) is 13.2 Å². The lowest BCUT2D eigenvalue weighted by Gasteiger charge is -2.34. The Bertz CT molecular complexity index is 367. The van der Waals surface area contributed by atoms with E-state index in [0.29, 0.717) is 18.8 Å². The smallest absolute Gasteiger partial charge is 0.309 e. The largest absolute Gasteiger partial charge is 0.391 e. The third-order valence-corrected chi connectivity index (χ3v) is 4.94. The first-order valence-corrected chi connectivity index (χ1v) is 7.73. The van der Waals surface area contributed by atoms with Gasteiger partial charge in [-0.1, -0.05) is 13.0 Å². The zero-order valence-corrected chi connectivity index (χ0v) is 11.9. The van der Waals surface area contributed by atoms with Crippen LogP contribution in [0.3, 0.4) is 0 Å². The van der Waals surface area contributed by atoms with Gasteiger partial charge < -0.3 is 5.32 Å². The Morgan fingerprint density at radius 1 is 1.32 bits per heavy atom. The Hall–Kier alpha value is -0.550. The van der Waals surface area contributed by atoms with E-state index in [4.69, 9.17) is 0 Å². The van der Waals surface area contributed by atoms with Crippen molar-refractivity contribution in [1.29, 1.82) is 0 Å². The number of halogens is 3. The predicted octanol–water partition coefficient (Wildman–Crippen LogP) is 4.77. The SMILES string of the molecule is CCNC(c1cccs1)C1CCC(C(F)(F)F)CC1. The lowest BCUT2D eigenvalue weighted by molar-refractivity contribution is -0.184. The molecule has 1 heterocycles. The van der Waals surface area contributed by atoms with Crippen LogP contribution in [-0.2, 0) is 0 Å². The van der Waals surface area contributed by atoms with Crippen LogP contribution in [0.5, 0.6) is 0 Å². The van der Waals surface area contributed by atoms with Gasteiger partial charge in [-0.25, -0.2) is 0 Å². The fourth-order valence-corrected chi connectivity index (χ4v) is 3.86. The molecule has 0 saturated heterocycles. The van der Waals surface area contributed by atoms with Crippen molar-refractivity contribution in [2.45, 2.75) is 44.8 Å². The lowest BCUT2D eigenvalue weighted by atomic mass is 9.78. The van der Waals surface area contributed by atoms with Gasteiger partial charge in [-0.3, -0.25) is 0 Å². The second-order valence-electron chi connectivity index (χ2n) is 5.20. The quantitative estimate of drug-likeness (QED) is 0.842. The standard InChI is InChI=1S/C14H20F3NS/c1-2-18-13(12-4-3-9-19-12)10-5-7-11(8-6-10)14(15,16)17/h3-4,9-11,13,18H,2,5-8H2,1H3. The summed E-state index contributed by atoms with van der Waals surface area (Å²) in [5.41, 5.74) is 0. The lowest BCUT2D eigenvalue weighted by Crippen LogP contribution is -2.34. The average Bonchev–Trinajstić information content (AvgIpc) is 2.89. The summed E-state index contributed by atoms with van der Waals surface area (Å²) < 4.78 is 38.0. The fraction of sp³-hybridized carbons (Fsp3) is 0.714. The van der Waals surface area contributed by atoms with Crippen LogP contribution in [0.1, 0.15) is 43.5 Å². The van der Waals surface area contributed by atoms with Crippen molar-refractivity contribution in [1.82, 2.24) is 5.32 Å². The van der Waals surface area contributed by atoms with Gasteiger partial charge in [-0.2, -0.15) is 13.2 Å². The molecule has 1 nitrogen and oxygen atoms in total. The van der Waals surface area contributed by atoms with Crippen LogP contribution in [-0.4, -0.2) is 12.7 Å². The summed E-state index contributed by atoms with van der Waals surface area (Å²) in [6.45, 7) is 2.89. The maximum absolute atomic E-state index is 12.7. The normalized spacial score (nSPS) is 26.3. The van der Waals surface area contributed by atoms with Gasteiger partial charge >= 0.3 is 6.18 Å². The van der Waals surface area contributed by atoms with Crippen molar-refractivity contribution in [3.8, 4) is 0 Å². The molecule has 5 heteroatoms. The number of hydrogen-bond donors (Lipinski definition) is 1. The molecular weight excluding hydrogens is 271 g/mol. The number of nitrogens with one attached hydrogen (secondary N) is 1. The molecule has 0 aromatic carbocycles. The Labute approximate surface area is 116 Å². The highest BCUT2D eigenvalue weighted by molar-refractivity contribution is 7.10. The van der Waals surface area contributed by atoms with Crippen LogP contribution >= 0.6 is 11.3 Å². The highest BCUT2D eigenvalue weighted by Gasteiger charge is 2.42. The van der Waals surface area contributed by atoms with E-state index in [1.54, 1.807) is 11.3 Å². The molecule has 0 radical (unpaired) electrons. The minimum absolute atomic E-state index is 0.221. The van der Waals surface area contributed by atoms with Crippen molar-refractivity contribution >= 4 is 11.3 Å². The molecule has 1 aromatic rings. The number of rotatable bonds is 4. The molecule has 0 spiro atoms. The highest BCUT2D eigenvalue weighted by Crippen LogP contribution is 2.43. The zero-order chi connectivity index (χ0) is 13.9. The van der Waals surface area contributed by atoms with Crippen LogP contribution in [0.15, 0.2) is 17.5 Å². The van der Waals surface area contributed by atoms with E-state index in [2.05, 4.69) is 11.4 Å². The van der Waals surface area contributed by atoms with Gasteiger partial charge in [0.15, 0.2) is 0 Å². The van der Waals surface area contributed by atoms with Crippen molar-refractivity contribution in [3.05, 3.63) is 22.4 Å². The van der Waals surface area contributed by atoms with Crippen molar-refractivity contribution in [2.24, 2.45) is 11.8 Å². The van der Waals surface area contributed by atoms with Gasteiger partial charge in [-0.05, 0) is 49.6 Å². The Morgan fingerprint density at radius 3 is 2.47 bits per heavy atom. The van der Waals surface area contributed by atoms with Crippen LogP contribution < -0.4 is 5.32 Å². The molecule has 2 rings (SSSR count). The maximum Gasteiger partial charge on any atom is 0.391 e. The number of alkyl halides is 3. The van der Waals surface area contributed by atoms with E-state index in [0.717, 1.165) is 6.54 Å². The minimum atomic E-state index is -4.01. The molecule has 1 fully saturated rings. The van der Waals surface area contributed by atoms with Gasteiger partial charge in [0.1, 0.15) is 0 Å². The third kappa shape index (κ3) is 3.72. The summed E-state index contributed by atoms with van der Waals surface area (Å²) >= 11 is 1.69. The molecule has 0 amide bonds. The first-order valence-electron chi connectivity index (χ1n) is 6.86. The molecule has 0 aliphatic heterocycles. The number of hydrogen-bond acceptors (Lipinski definition) is 2. The summed E-state index contributed by atoms with van der Waals surface area (Å²) in [6, 6.07) is 4.30. The average molecular weight is 291 g/mol. The Kier molecular flexibility index (Phi) is 4.90. The molecule has 1 aliphatic carbocycles. The van der Waals surface area contributed by atoms with Crippen molar-refractivity contribution in [2.75, 3.05) is 6.54 Å². The van der Waals surface area contributed by atoms with E-state index < -0.39 is 12.1 Å². The van der Waals surface area contributed by atoms with E-state index in [1.165, 1.54) is 4.88 Å². The van der Waals surface area contributed by atoms with Gasteiger partial charge in [0.2, 0.25) is 0 Å². The molecule has 1 N–H and O–H groups in total. The summed E-state index contributed by atoms with van der Waals surface area (Å²) in [6.07, 6.45) is -2.12. The van der Waals surface area contributed by atoms with E-state index in [1.807, 2.05) is 18.4 Å². The van der Waals surface area contributed by atoms with Crippen molar-refractivity contribution in [3.63, 3.8) is 0 Å². The van der Waals surface area contributed by atoms with Crippen LogP contribution in [0, 0.1) is 11.8 Å². The van der Waals surface area contributed by atoms with Crippen LogP contribution in [0.25, 0.3) is 0 Å². The monoisotopic (exact) mass is 291 g/mol. The Balaban J connectivity index is 1.98. The van der Waals surface area contributed by atoms with Crippen molar-refractivity contribution < 1.29 is 13.2 Å². The molecule has 108 valence electrons. The maximum atomic E-state index is 12.7. The molecular formula is C14H20F3NS. The molecule has 1 aromatic heterocycles. The third-order valence-electron chi connectivity index (χ3n) is 3.98. The first-order chi connectivity index (χ1) is 9.02. The van der Waals surface area contributed by atoms with E-state index >= 15 is 0 Å². The molecule has 1 atom stereocenters. The predicted molar refractivity (Wildman–Crippen MR) is 72.2 cm³/mol. The topological polar surface area (TPSA) is 12.0 Å². The first kappa shape index (κ1) is 14.9. The van der Waals surface area contributed by atoms with Gasteiger partial charge in [0.05, 0.1) is 5.92 Å². The fourth-order valence-electron chi connectivity index (χ4n) is 2.97. The molecule has 1 unspecified atom stereocenters. The van der Waals surface area contributed by atoms with E-state index in [-0.39, 0.29) is 18.9 Å². The van der Waals surface area contributed by atoms with Crippen LogP contribution in [0.4, 0.5) is 13.2 Å². The van der Waals surface area contributed by atoms with Gasteiger partial charge in [-0.15, -0.1) is 11.3 Å². The van der Waals surface area contributed by atoms with Crippen LogP contribution in [0.2, 0.25) is 0 Å². The summed E-state index contributed by atoms with van der Waals surface area (Å²) in [4.78, 5) is 1.25. The summed E-state index contributed by atoms with van der Waals surface area (Å²) in [5, 5.41) is 5.47. The second-order valence-corrected chi connectivity index (χ2v) is 6.18. The number of thiophene rings is 1. The van der Waals surface area contributed by atoms with Gasteiger partial charge in [0.25, 0.3) is 0 Å². The summed E-state index contributed by atoms with van der Waals surface area (Å²) in [7, 11) is 0.